The minimum Gasteiger partial charge on any atom is -0.212 e. The molecule has 2 rings (SSSR count). The number of hydrogen-bond acceptors (Lipinski definition) is 6. The van der Waals surface area contributed by atoms with Crippen molar-refractivity contribution >= 4 is 53.3 Å². The third-order valence-corrected chi connectivity index (χ3v) is 4.81. The Morgan fingerprint density at radius 3 is 2.48 bits per heavy atom. The molecule has 0 aliphatic rings. The van der Waals surface area contributed by atoms with Crippen molar-refractivity contribution in [1.29, 1.82) is 0 Å². The molecule has 21 heavy (non-hydrogen) atoms. The normalized spacial score (nSPS) is 10.5. The first kappa shape index (κ1) is 17.7. The largest absolute Gasteiger partial charge is 0.212 e. The molecular formula is C10H11AsClN3O5S. The smallest absolute Gasteiger partial charge is 0.203 e. The van der Waals surface area contributed by atoms with Gasteiger partial charge >= 0.3 is 88.1 Å². The molecule has 1 aromatic heterocycles. The van der Waals surface area contributed by atoms with E-state index < -0.39 is 30.2 Å². The van der Waals surface area contributed by atoms with Gasteiger partial charge in [-0.3, -0.25) is 0 Å². The van der Waals surface area contributed by atoms with Gasteiger partial charge in [0.2, 0.25) is 4.47 Å². The monoisotopic (exact) mass is 395 g/mol. The van der Waals surface area contributed by atoms with Gasteiger partial charge < -0.3 is 0 Å². The summed E-state index contributed by atoms with van der Waals surface area (Å²) < 4.78 is 32.5. The average molecular weight is 396 g/mol. The van der Waals surface area contributed by atoms with E-state index >= 15 is 0 Å². The van der Waals surface area contributed by atoms with Crippen molar-refractivity contribution in [2.45, 2.75) is 6.92 Å². The van der Waals surface area contributed by atoms with Crippen molar-refractivity contribution < 1.29 is 21.8 Å². The summed E-state index contributed by atoms with van der Waals surface area (Å²) in [5, 5.41) is 11.7. The van der Waals surface area contributed by atoms with Gasteiger partial charge in [0, 0.05) is 0 Å². The number of benzene rings is 1. The van der Waals surface area contributed by atoms with E-state index in [2.05, 4.69) is 14.7 Å². The summed E-state index contributed by atoms with van der Waals surface area (Å²) in [6, 6.07) is 3.83. The number of halogens is 1. The van der Waals surface area contributed by atoms with E-state index in [1.54, 1.807) is 0 Å². The Labute approximate surface area is 131 Å². The molecule has 1 heterocycles. The number of phenols is 1. The second-order valence-electron chi connectivity index (χ2n) is 3.59. The van der Waals surface area contributed by atoms with Crippen molar-refractivity contribution in [3.05, 3.63) is 29.0 Å². The van der Waals surface area contributed by atoms with Crippen LogP contribution in [-0.2, 0) is 8.53 Å². The molecule has 1 aromatic carbocycles. The van der Waals surface area contributed by atoms with Gasteiger partial charge in [0.05, 0.1) is 0 Å². The van der Waals surface area contributed by atoms with E-state index in [0.29, 0.717) is 4.47 Å². The summed E-state index contributed by atoms with van der Waals surface area (Å²) in [5.41, 5.74) is -0.00951. The Hall–Kier alpha value is -1.38. The molecule has 0 aliphatic heterocycles. The van der Waals surface area contributed by atoms with E-state index in [0.717, 1.165) is 6.07 Å². The van der Waals surface area contributed by atoms with Crippen molar-refractivity contribution in [3.8, 4) is 5.75 Å². The van der Waals surface area contributed by atoms with Gasteiger partial charge in [0.15, 0.2) is 0 Å². The van der Waals surface area contributed by atoms with E-state index in [9.17, 15) is 13.6 Å². The molecule has 11 heteroatoms. The summed E-state index contributed by atoms with van der Waals surface area (Å²) in [6.45, 7) is 1.23. The molecule has 0 atom stereocenters. The van der Waals surface area contributed by atoms with Gasteiger partial charge in [0.1, 0.15) is 6.33 Å². The second-order valence-corrected chi connectivity index (χ2v) is 8.25. The molecule has 8 nitrogen and oxygen atoms in total. The van der Waals surface area contributed by atoms with Crippen LogP contribution >= 0.6 is 23.1 Å². The van der Waals surface area contributed by atoms with Crippen LogP contribution in [0.2, 0.25) is 4.47 Å². The maximum atomic E-state index is 11.0. The van der Waals surface area contributed by atoms with Crippen LogP contribution in [0.25, 0.3) is 0 Å². The minimum atomic E-state index is -5.15. The maximum Gasteiger partial charge on any atom is 0.203 e. The molecule has 2 aromatic rings. The molecule has 1 amide bonds. The third kappa shape index (κ3) is 5.86. The van der Waals surface area contributed by atoms with Crippen molar-refractivity contribution in [2.24, 2.45) is 0 Å². The van der Waals surface area contributed by atoms with Crippen LogP contribution in [0.4, 0.5) is 5.69 Å². The van der Waals surface area contributed by atoms with E-state index in [1.165, 1.54) is 36.9 Å². The fourth-order valence-electron chi connectivity index (χ4n) is 1.22. The molecule has 0 saturated carbocycles. The Morgan fingerprint density at radius 2 is 2.10 bits per heavy atom. The van der Waals surface area contributed by atoms with E-state index in [4.69, 9.17) is 19.8 Å². The van der Waals surface area contributed by atoms with Crippen LogP contribution in [0, 0.1) is 0 Å². The van der Waals surface area contributed by atoms with Crippen LogP contribution in [0.1, 0.15) is 6.92 Å². The van der Waals surface area contributed by atoms with Gasteiger partial charge in [0.25, 0.3) is 0 Å². The molecule has 4 N–H and O–H groups in total. The number of nitrogens with one attached hydrogen (secondary N) is 1. The van der Waals surface area contributed by atoms with Crippen LogP contribution in [0.5, 0.6) is 5.75 Å². The van der Waals surface area contributed by atoms with Crippen LogP contribution in [-0.4, -0.2) is 42.7 Å². The van der Waals surface area contributed by atoms with Gasteiger partial charge in [-0.2, -0.15) is 4.37 Å². The van der Waals surface area contributed by atoms with Gasteiger partial charge in [-0.15, -0.1) is 0 Å². The summed E-state index contributed by atoms with van der Waals surface area (Å²) >= 11 is 1.33. The first-order chi connectivity index (χ1) is 9.71. The molecule has 0 aliphatic carbocycles. The fourth-order valence-corrected chi connectivity index (χ4v) is 3.07. The van der Waals surface area contributed by atoms with E-state index in [-0.39, 0.29) is 5.69 Å². The zero-order valence-corrected chi connectivity index (χ0v) is 14.0. The molecule has 0 unspecified atom stereocenters. The third-order valence-electron chi connectivity index (χ3n) is 1.97. The molecule has 0 bridgehead atoms. The second kappa shape index (κ2) is 7.58. The summed E-state index contributed by atoms with van der Waals surface area (Å²) in [7, 11) is 0. The molecule has 0 saturated heterocycles. The summed E-state index contributed by atoms with van der Waals surface area (Å²) in [4.78, 5) is 14.3. The van der Waals surface area contributed by atoms with Crippen LogP contribution < -0.4 is 9.67 Å². The predicted octanol–water partition coefficient (Wildman–Crippen LogP) is 0.103. The predicted molar refractivity (Wildman–Crippen MR) is 77.8 cm³/mol. The van der Waals surface area contributed by atoms with Crippen LogP contribution in [0.15, 0.2) is 24.5 Å². The molecule has 0 radical (unpaired) electrons. The number of amides is 1. The zero-order chi connectivity index (χ0) is 16.0. The topological polar surface area (TPSA) is 133 Å². The first-order valence-corrected chi connectivity index (χ1v) is 9.83. The average Bonchev–Trinajstić information content (AvgIpc) is 2.82. The molecule has 0 spiro atoms. The first-order valence-electron chi connectivity index (χ1n) is 5.29. The number of hydrogen-bond donors (Lipinski definition) is 4. The molecule has 0 fully saturated rings. The maximum absolute atomic E-state index is 11.0. The van der Waals surface area contributed by atoms with Gasteiger partial charge in [-0.1, -0.05) is 0 Å². The number of aromatic nitrogens is 2. The van der Waals surface area contributed by atoms with Crippen LogP contribution in [0.3, 0.4) is 0 Å². The minimum absolute atomic E-state index is 0.00951. The standard InChI is InChI=1S/C8H10AsNO5.C2HClN2S/c1-5(11)10-7-4-2-3-6(8(7)12)9(13,14)15;3-2-4-1-5-6-2/h2-4,12H,1H3,(H,10,11)(H2,13,14,15);1H. The number of rotatable bonds is 2. The van der Waals surface area contributed by atoms with Crippen molar-refractivity contribution in [2.75, 3.05) is 5.32 Å². The number of carbonyl (C=O) groups is 1. The zero-order valence-electron chi connectivity index (χ0n) is 10.6. The molecular weight excluding hydrogens is 385 g/mol. The van der Waals surface area contributed by atoms with E-state index in [1.807, 2.05) is 0 Å². The van der Waals surface area contributed by atoms with Gasteiger partial charge in [-0.25, -0.2) is 4.98 Å². The van der Waals surface area contributed by atoms with Gasteiger partial charge in [-0.05, 0) is 23.1 Å². The summed E-state index contributed by atoms with van der Waals surface area (Å²) in [6.07, 6.45) is 1.42. The quantitative estimate of drug-likeness (QED) is 0.419. The fraction of sp³-hybridized carbons (Fsp3) is 0.100. The number of anilines is 1. The Balaban J connectivity index is 0.000000304. The Kier molecular flexibility index (Phi) is 6.38. The van der Waals surface area contributed by atoms with Crippen molar-refractivity contribution in [1.82, 2.24) is 9.36 Å². The number of para-hydroxylation sites is 1. The summed E-state index contributed by atoms with van der Waals surface area (Å²) in [5.74, 6) is -1.01. The number of aromatic hydroxyl groups is 1. The Morgan fingerprint density at radius 1 is 1.43 bits per heavy atom. The van der Waals surface area contributed by atoms with Crippen molar-refractivity contribution in [3.63, 3.8) is 0 Å². The number of phenolic OH excluding ortho intramolecular Hbond substituents is 1. The Bertz CT molecular complexity index is 661. The number of carbonyl (C=O) groups excluding carboxylic acids is 1. The molecule has 114 valence electrons. The number of nitrogens with zero attached hydrogens (tertiary/aromatic N) is 2. The SMILES string of the molecule is CC(=O)Nc1cccc([As](=O)(O)O)c1O.Clc1ncns1.